The van der Waals surface area contributed by atoms with Crippen molar-refractivity contribution >= 4 is 40.2 Å². The molecule has 0 radical (unpaired) electrons. The van der Waals surface area contributed by atoms with E-state index in [0.29, 0.717) is 32.5 Å². The zero-order valence-corrected chi connectivity index (χ0v) is 19.6. The summed E-state index contributed by atoms with van der Waals surface area (Å²) in [5, 5.41) is 4.47. The van der Waals surface area contributed by atoms with Crippen molar-refractivity contribution in [2.24, 2.45) is 0 Å². The second-order valence-electron chi connectivity index (χ2n) is 7.19. The molecule has 0 unspecified atom stereocenters. The maximum atomic E-state index is 13.4. The predicted octanol–water partition coefficient (Wildman–Crippen LogP) is 4.75. The summed E-state index contributed by atoms with van der Waals surface area (Å²) in [4.78, 5) is 30.6. The van der Waals surface area contributed by atoms with E-state index >= 15 is 0 Å². The molecule has 1 amide bonds. The highest BCUT2D eigenvalue weighted by molar-refractivity contribution is 7.99. The van der Waals surface area contributed by atoms with Crippen molar-refractivity contribution in [3.63, 3.8) is 0 Å². The molecule has 1 heterocycles. The number of amides is 1. The molecule has 1 aromatic heterocycles. The Morgan fingerprint density at radius 2 is 1.97 bits per heavy atom. The first-order valence-electron chi connectivity index (χ1n) is 10.2. The highest BCUT2D eigenvalue weighted by Crippen LogP contribution is 2.32. The summed E-state index contributed by atoms with van der Waals surface area (Å²) in [5.41, 5.74) is 1.69. The topological polar surface area (TPSA) is 73.2 Å². The van der Waals surface area contributed by atoms with Gasteiger partial charge in [0.2, 0.25) is 5.91 Å². The molecule has 3 aromatic rings. The maximum absolute atomic E-state index is 13.4. The van der Waals surface area contributed by atoms with Gasteiger partial charge in [0.1, 0.15) is 5.75 Å². The summed E-state index contributed by atoms with van der Waals surface area (Å²) in [7, 11) is 1.53. The van der Waals surface area contributed by atoms with Gasteiger partial charge in [0.25, 0.3) is 5.56 Å². The molecule has 0 aliphatic heterocycles. The van der Waals surface area contributed by atoms with Crippen LogP contribution in [0.15, 0.2) is 46.3 Å². The number of thioether (sulfide) groups is 1. The maximum Gasteiger partial charge on any atom is 0.266 e. The monoisotopic (exact) mass is 459 g/mol. The average Bonchev–Trinajstić information content (AvgIpc) is 2.78. The van der Waals surface area contributed by atoms with Gasteiger partial charge < -0.3 is 10.1 Å². The van der Waals surface area contributed by atoms with E-state index in [9.17, 15) is 9.59 Å². The van der Waals surface area contributed by atoms with Crippen molar-refractivity contribution in [3.05, 3.63) is 57.3 Å². The molecule has 0 aliphatic carbocycles. The number of carbonyl (C=O) groups is 1. The fraction of sp³-hybridized carbons (Fsp3) is 0.348. The Morgan fingerprint density at radius 1 is 1.26 bits per heavy atom. The molecule has 2 aromatic carbocycles. The summed E-state index contributed by atoms with van der Waals surface area (Å²) in [6.45, 7) is 5.94. The van der Waals surface area contributed by atoms with Crippen LogP contribution < -0.4 is 15.6 Å². The van der Waals surface area contributed by atoms with Crippen LogP contribution in [0.1, 0.15) is 32.3 Å². The number of hydrogen-bond acceptors (Lipinski definition) is 5. The highest BCUT2D eigenvalue weighted by atomic mass is 35.5. The van der Waals surface area contributed by atoms with Gasteiger partial charge in [-0.05, 0) is 43.5 Å². The van der Waals surface area contributed by atoms with Gasteiger partial charge >= 0.3 is 0 Å². The van der Waals surface area contributed by atoms with Crippen LogP contribution in [0.3, 0.4) is 0 Å². The highest BCUT2D eigenvalue weighted by Gasteiger charge is 2.19. The quantitative estimate of drug-likeness (QED) is 0.388. The van der Waals surface area contributed by atoms with E-state index < -0.39 is 0 Å². The lowest BCUT2D eigenvalue weighted by atomic mass is 10.2. The van der Waals surface area contributed by atoms with Crippen LogP contribution in [0, 0.1) is 6.92 Å². The standard InChI is InChI=1S/C23H26ClN3O3S/c1-5-15(6-2)25-21(28)13-31-23-26-18-10-8-7-9-16(18)22(29)27(23)19-11-14(3)17(24)12-20(19)30-4/h7-12,15H,5-6,13H2,1-4H3,(H,25,28). The minimum Gasteiger partial charge on any atom is -0.495 e. The molecule has 0 aliphatic rings. The lowest BCUT2D eigenvalue weighted by molar-refractivity contribution is -0.119. The van der Waals surface area contributed by atoms with Gasteiger partial charge in [0, 0.05) is 17.1 Å². The number of para-hydroxylation sites is 1. The number of nitrogens with one attached hydrogen (secondary N) is 1. The summed E-state index contributed by atoms with van der Waals surface area (Å²) in [6.07, 6.45) is 1.74. The number of carbonyl (C=O) groups excluding carboxylic acids is 1. The number of benzene rings is 2. The van der Waals surface area contributed by atoms with Gasteiger partial charge in [0.05, 0.1) is 29.5 Å². The lowest BCUT2D eigenvalue weighted by Gasteiger charge is -2.18. The number of nitrogens with zero attached hydrogens (tertiary/aromatic N) is 2. The van der Waals surface area contributed by atoms with Gasteiger partial charge in [-0.3, -0.25) is 14.2 Å². The fourth-order valence-electron chi connectivity index (χ4n) is 3.30. The number of halogens is 1. The van der Waals surface area contributed by atoms with Gasteiger partial charge in [0.15, 0.2) is 5.16 Å². The molecule has 8 heteroatoms. The van der Waals surface area contributed by atoms with Gasteiger partial charge in [-0.25, -0.2) is 4.98 Å². The smallest absolute Gasteiger partial charge is 0.266 e. The zero-order valence-electron chi connectivity index (χ0n) is 18.1. The Balaban J connectivity index is 2.10. The normalized spacial score (nSPS) is 11.2. The number of ether oxygens (including phenoxy) is 1. The van der Waals surface area contributed by atoms with E-state index in [4.69, 9.17) is 16.3 Å². The molecule has 164 valence electrons. The van der Waals surface area contributed by atoms with Crippen molar-refractivity contribution in [2.45, 2.75) is 44.8 Å². The van der Waals surface area contributed by atoms with Crippen molar-refractivity contribution in [3.8, 4) is 11.4 Å². The van der Waals surface area contributed by atoms with Gasteiger partial charge in [-0.1, -0.05) is 49.3 Å². The fourth-order valence-corrected chi connectivity index (χ4v) is 4.27. The molecule has 0 spiro atoms. The average molecular weight is 460 g/mol. The first-order chi connectivity index (χ1) is 14.9. The van der Waals surface area contributed by atoms with E-state index in [2.05, 4.69) is 10.3 Å². The van der Waals surface area contributed by atoms with Crippen LogP contribution in [0.25, 0.3) is 16.6 Å². The van der Waals surface area contributed by atoms with Crippen molar-refractivity contribution < 1.29 is 9.53 Å². The lowest BCUT2D eigenvalue weighted by Crippen LogP contribution is -2.35. The molecular formula is C23H26ClN3O3S. The second kappa shape index (κ2) is 10.2. The number of hydrogen-bond donors (Lipinski definition) is 1. The predicted molar refractivity (Wildman–Crippen MR) is 127 cm³/mol. The van der Waals surface area contributed by atoms with E-state index in [0.717, 1.165) is 18.4 Å². The van der Waals surface area contributed by atoms with E-state index in [-0.39, 0.29) is 23.3 Å². The van der Waals surface area contributed by atoms with E-state index in [1.807, 2.05) is 26.8 Å². The molecule has 0 bridgehead atoms. The minimum absolute atomic E-state index is 0.0908. The number of aryl methyl sites for hydroxylation is 1. The number of rotatable bonds is 8. The van der Waals surface area contributed by atoms with Crippen molar-refractivity contribution in [2.75, 3.05) is 12.9 Å². The summed E-state index contributed by atoms with van der Waals surface area (Å²) in [5.74, 6) is 0.515. The molecule has 0 saturated carbocycles. The third kappa shape index (κ3) is 5.05. The minimum atomic E-state index is -0.228. The van der Waals surface area contributed by atoms with Crippen molar-refractivity contribution in [1.82, 2.24) is 14.9 Å². The van der Waals surface area contributed by atoms with Gasteiger partial charge in [-0.15, -0.1) is 0 Å². The Morgan fingerprint density at radius 3 is 2.65 bits per heavy atom. The summed E-state index contributed by atoms with van der Waals surface area (Å²) >= 11 is 7.49. The molecular weight excluding hydrogens is 434 g/mol. The zero-order chi connectivity index (χ0) is 22.5. The Labute approximate surface area is 191 Å². The molecule has 0 atom stereocenters. The largest absolute Gasteiger partial charge is 0.495 e. The Hall–Kier alpha value is -2.51. The van der Waals surface area contributed by atoms with Crippen LogP contribution in [0.2, 0.25) is 5.02 Å². The molecule has 0 fully saturated rings. The van der Waals surface area contributed by atoms with Crippen molar-refractivity contribution in [1.29, 1.82) is 0 Å². The van der Waals surface area contributed by atoms with E-state index in [1.165, 1.54) is 23.4 Å². The third-order valence-electron chi connectivity index (χ3n) is 5.13. The van der Waals surface area contributed by atoms with Crippen LogP contribution in [0.5, 0.6) is 5.75 Å². The second-order valence-corrected chi connectivity index (χ2v) is 8.54. The van der Waals surface area contributed by atoms with Crippen LogP contribution in [-0.2, 0) is 4.79 Å². The van der Waals surface area contributed by atoms with Crippen LogP contribution in [-0.4, -0.2) is 34.4 Å². The molecule has 6 nitrogen and oxygen atoms in total. The first kappa shape index (κ1) is 23.2. The number of methoxy groups -OCH3 is 1. The third-order valence-corrected chi connectivity index (χ3v) is 6.47. The Kier molecular flexibility index (Phi) is 7.62. The number of fused-ring (bicyclic) bond motifs is 1. The molecule has 31 heavy (non-hydrogen) atoms. The molecule has 1 N–H and O–H groups in total. The van der Waals surface area contributed by atoms with E-state index in [1.54, 1.807) is 30.3 Å². The van der Waals surface area contributed by atoms with Crippen LogP contribution in [0.4, 0.5) is 0 Å². The molecule has 0 saturated heterocycles. The van der Waals surface area contributed by atoms with Gasteiger partial charge in [-0.2, -0.15) is 0 Å². The van der Waals surface area contributed by atoms with Crippen LogP contribution >= 0.6 is 23.4 Å². The first-order valence-corrected chi connectivity index (χ1v) is 11.5. The summed E-state index contributed by atoms with van der Waals surface area (Å²) < 4.78 is 7.00. The molecule has 3 rings (SSSR count). The number of aromatic nitrogens is 2. The SMILES string of the molecule is CCC(CC)NC(=O)CSc1nc2ccccc2c(=O)n1-c1cc(C)c(Cl)cc1OC. The summed E-state index contributed by atoms with van der Waals surface area (Å²) in [6, 6.07) is 10.8. The Bertz CT molecular complexity index is 1160.